The molecule has 0 spiro atoms. The molecular formula is C11H16ClNO2. The van der Waals surface area contributed by atoms with Crippen LogP contribution in [-0.2, 0) is 0 Å². The first-order valence-corrected chi connectivity index (χ1v) is 4.91. The summed E-state index contributed by atoms with van der Waals surface area (Å²) in [5.41, 5.74) is 6.77. The summed E-state index contributed by atoms with van der Waals surface area (Å²) in [5.74, 6) is 0.598. The van der Waals surface area contributed by atoms with Gasteiger partial charge in [0, 0.05) is 0 Å². The maximum Gasteiger partial charge on any atom is 0.115 e. The Balaban J connectivity index is 0.00000112. The number of aliphatic hydroxyl groups excluding tert-OH is 1. The Morgan fingerprint density at radius 2 is 1.73 bits per heavy atom. The van der Waals surface area contributed by atoms with Crippen molar-refractivity contribution in [2.75, 3.05) is 0 Å². The average Bonchev–Trinajstić information content (AvgIpc) is 3.00. The summed E-state index contributed by atoms with van der Waals surface area (Å²) in [6.45, 7) is 0. The van der Waals surface area contributed by atoms with Crippen molar-refractivity contribution in [1.29, 1.82) is 0 Å². The van der Waals surface area contributed by atoms with Crippen molar-refractivity contribution >= 4 is 12.4 Å². The molecule has 1 fully saturated rings. The molecule has 0 saturated heterocycles. The summed E-state index contributed by atoms with van der Waals surface area (Å²) in [5, 5.41) is 18.9. The molecule has 2 atom stereocenters. The highest BCUT2D eigenvalue weighted by Gasteiger charge is 2.34. The Morgan fingerprint density at radius 1 is 1.20 bits per heavy atom. The van der Waals surface area contributed by atoms with Crippen LogP contribution in [0.3, 0.4) is 0 Å². The van der Waals surface area contributed by atoms with E-state index in [0.717, 1.165) is 18.4 Å². The highest BCUT2D eigenvalue weighted by molar-refractivity contribution is 5.85. The molecule has 4 heteroatoms. The first-order valence-electron chi connectivity index (χ1n) is 4.91. The van der Waals surface area contributed by atoms with E-state index in [1.165, 1.54) is 0 Å². The Kier molecular flexibility index (Phi) is 3.97. The first kappa shape index (κ1) is 12.3. The molecule has 4 N–H and O–H groups in total. The lowest BCUT2D eigenvalue weighted by Crippen LogP contribution is -2.27. The van der Waals surface area contributed by atoms with Crippen LogP contribution in [0.4, 0.5) is 0 Å². The van der Waals surface area contributed by atoms with E-state index < -0.39 is 6.10 Å². The number of rotatable bonds is 3. The van der Waals surface area contributed by atoms with Gasteiger partial charge in [-0.25, -0.2) is 0 Å². The fourth-order valence-electron chi connectivity index (χ4n) is 1.62. The molecule has 3 nitrogen and oxygen atoms in total. The maximum atomic E-state index is 9.79. The molecule has 0 aliphatic heterocycles. The second-order valence-corrected chi connectivity index (χ2v) is 3.95. The van der Waals surface area contributed by atoms with Crippen LogP contribution in [0.2, 0.25) is 0 Å². The molecule has 1 aromatic rings. The second-order valence-electron chi connectivity index (χ2n) is 3.95. The normalized spacial score (nSPS) is 19.1. The van der Waals surface area contributed by atoms with Crippen molar-refractivity contribution in [2.24, 2.45) is 11.7 Å². The molecule has 0 heterocycles. The number of phenols is 1. The Bertz CT molecular complexity index is 311. The Labute approximate surface area is 95.3 Å². The van der Waals surface area contributed by atoms with Gasteiger partial charge >= 0.3 is 0 Å². The van der Waals surface area contributed by atoms with E-state index in [4.69, 9.17) is 10.8 Å². The van der Waals surface area contributed by atoms with Crippen molar-refractivity contribution in [1.82, 2.24) is 0 Å². The van der Waals surface area contributed by atoms with Crippen LogP contribution in [0.1, 0.15) is 24.4 Å². The van der Waals surface area contributed by atoms with Gasteiger partial charge in [0.25, 0.3) is 0 Å². The highest BCUT2D eigenvalue weighted by atomic mass is 35.5. The summed E-state index contributed by atoms with van der Waals surface area (Å²) < 4.78 is 0. The van der Waals surface area contributed by atoms with Crippen molar-refractivity contribution in [3.63, 3.8) is 0 Å². The van der Waals surface area contributed by atoms with Gasteiger partial charge in [-0.2, -0.15) is 0 Å². The largest absolute Gasteiger partial charge is 0.508 e. The fourth-order valence-corrected chi connectivity index (χ4v) is 1.62. The number of phenolic OH excluding ortho intramolecular Hbond substituents is 1. The predicted molar refractivity (Wildman–Crippen MR) is 61.0 cm³/mol. The summed E-state index contributed by atoms with van der Waals surface area (Å²) in [6.07, 6.45) is 1.71. The van der Waals surface area contributed by atoms with Crippen molar-refractivity contribution in [2.45, 2.75) is 25.0 Å². The van der Waals surface area contributed by atoms with Gasteiger partial charge in [0.15, 0.2) is 0 Å². The smallest absolute Gasteiger partial charge is 0.115 e. The zero-order valence-corrected chi connectivity index (χ0v) is 9.15. The molecule has 1 saturated carbocycles. The number of halogens is 1. The third kappa shape index (κ3) is 2.84. The minimum Gasteiger partial charge on any atom is -0.508 e. The number of hydrogen-bond acceptors (Lipinski definition) is 3. The molecule has 0 unspecified atom stereocenters. The van der Waals surface area contributed by atoms with Crippen LogP contribution in [0.15, 0.2) is 24.3 Å². The van der Waals surface area contributed by atoms with E-state index >= 15 is 0 Å². The van der Waals surface area contributed by atoms with Gasteiger partial charge in [-0.1, -0.05) is 12.1 Å². The predicted octanol–water partition coefficient (Wildman–Crippen LogP) is 1.58. The summed E-state index contributed by atoms with van der Waals surface area (Å²) in [6, 6.07) is 6.36. The molecule has 0 radical (unpaired) electrons. The number of benzene rings is 1. The number of hydrogen-bond donors (Lipinski definition) is 3. The van der Waals surface area contributed by atoms with E-state index in [0.29, 0.717) is 5.92 Å². The van der Waals surface area contributed by atoms with Gasteiger partial charge in [0.1, 0.15) is 5.75 Å². The maximum absolute atomic E-state index is 9.79. The van der Waals surface area contributed by atoms with Gasteiger partial charge in [0.2, 0.25) is 0 Å². The summed E-state index contributed by atoms with van der Waals surface area (Å²) in [7, 11) is 0. The summed E-state index contributed by atoms with van der Waals surface area (Å²) in [4.78, 5) is 0. The molecule has 84 valence electrons. The van der Waals surface area contributed by atoms with E-state index in [1.807, 2.05) is 0 Å². The van der Waals surface area contributed by atoms with E-state index in [2.05, 4.69) is 0 Å². The quantitative estimate of drug-likeness (QED) is 0.738. The van der Waals surface area contributed by atoms with Gasteiger partial charge in [-0.3, -0.25) is 0 Å². The zero-order valence-electron chi connectivity index (χ0n) is 8.34. The van der Waals surface area contributed by atoms with Gasteiger partial charge in [0.05, 0.1) is 12.1 Å². The second kappa shape index (κ2) is 4.84. The molecule has 0 bridgehead atoms. The highest BCUT2D eigenvalue weighted by Crippen LogP contribution is 2.37. The Hall–Kier alpha value is -0.770. The van der Waals surface area contributed by atoms with Crippen LogP contribution < -0.4 is 5.73 Å². The molecule has 15 heavy (non-hydrogen) atoms. The number of nitrogens with two attached hydrogens (primary N) is 1. The van der Waals surface area contributed by atoms with E-state index in [-0.39, 0.29) is 24.2 Å². The summed E-state index contributed by atoms with van der Waals surface area (Å²) >= 11 is 0. The third-order valence-electron chi connectivity index (χ3n) is 2.75. The molecule has 0 amide bonds. The average molecular weight is 230 g/mol. The fraction of sp³-hybridized carbons (Fsp3) is 0.455. The minimum atomic E-state index is -0.445. The van der Waals surface area contributed by atoms with Crippen LogP contribution >= 0.6 is 12.4 Å². The monoisotopic (exact) mass is 229 g/mol. The molecule has 1 aliphatic carbocycles. The lowest BCUT2D eigenvalue weighted by molar-refractivity contribution is 0.122. The van der Waals surface area contributed by atoms with Crippen LogP contribution in [-0.4, -0.2) is 16.3 Å². The lowest BCUT2D eigenvalue weighted by atomic mass is 9.99. The lowest BCUT2D eigenvalue weighted by Gasteiger charge is -2.18. The van der Waals surface area contributed by atoms with E-state index in [1.54, 1.807) is 24.3 Å². The minimum absolute atomic E-state index is 0. The number of aromatic hydroxyl groups is 1. The Morgan fingerprint density at radius 3 is 2.20 bits per heavy atom. The van der Waals surface area contributed by atoms with Crippen LogP contribution in [0, 0.1) is 5.92 Å². The topological polar surface area (TPSA) is 66.5 Å². The standard InChI is InChI=1S/C11H15NO2.ClH/c12-10(11(14)8-1-2-8)7-3-5-9(13)6-4-7;/h3-6,8,10-11,13-14H,1-2,12H2;1H/t10-,11+;/m1./s1. The number of aliphatic hydroxyl groups is 1. The van der Waals surface area contributed by atoms with Gasteiger partial charge in [-0.15, -0.1) is 12.4 Å². The zero-order chi connectivity index (χ0) is 10.1. The van der Waals surface area contributed by atoms with Crippen LogP contribution in [0.5, 0.6) is 5.75 Å². The SMILES string of the molecule is Cl.N[C@H](c1ccc(O)cc1)[C@@H](O)C1CC1. The van der Waals surface area contributed by atoms with Crippen molar-refractivity contribution in [3.05, 3.63) is 29.8 Å². The van der Waals surface area contributed by atoms with Gasteiger partial charge < -0.3 is 15.9 Å². The van der Waals surface area contributed by atoms with Crippen molar-refractivity contribution in [3.8, 4) is 5.75 Å². The first-order chi connectivity index (χ1) is 6.68. The van der Waals surface area contributed by atoms with Crippen molar-refractivity contribution < 1.29 is 10.2 Å². The van der Waals surface area contributed by atoms with Crippen LogP contribution in [0.25, 0.3) is 0 Å². The molecular weight excluding hydrogens is 214 g/mol. The molecule has 1 aromatic carbocycles. The third-order valence-corrected chi connectivity index (χ3v) is 2.75. The van der Waals surface area contributed by atoms with E-state index in [9.17, 15) is 5.11 Å². The van der Waals surface area contributed by atoms with Gasteiger partial charge in [-0.05, 0) is 36.5 Å². The molecule has 0 aromatic heterocycles. The molecule has 1 aliphatic rings. The molecule has 2 rings (SSSR count).